The SMILES string of the molecule is CCCN(Cc1ccc(OC)cc1)Sc1ccc(C(=O)O)cc1. The average Bonchev–Trinajstić information content (AvgIpc) is 2.56. The van der Waals surface area contributed by atoms with E-state index in [-0.39, 0.29) is 0 Å². The number of hydrogen-bond donors (Lipinski definition) is 1. The molecule has 0 aliphatic rings. The predicted molar refractivity (Wildman–Crippen MR) is 93.0 cm³/mol. The van der Waals surface area contributed by atoms with Gasteiger partial charge < -0.3 is 9.84 Å². The van der Waals surface area contributed by atoms with Gasteiger partial charge in [-0.15, -0.1) is 0 Å². The van der Waals surface area contributed by atoms with Gasteiger partial charge in [-0.2, -0.15) is 0 Å². The quantitative estimate of drug-likeness (QED) is 0.730. The van der Waals surface area contributed by atoms with Crippen LogP contribution < -0.4 is 4.74 Å². The van der Waals surface area contributed by atoms with Crippen LogP contribution in [-0.2, 0) is 6.54 Å². The third kappa shape index (κ3) is 5.30. The van der Waals surface area contributed by atoms with Gasteiger partial charge in [0.1, 0.15) is 5.75 Å². The lowest BCUT2D eigenvalue weighted by atomic mass is 10.2. The van der Waals surface area contributed by atoms with Gasteiger partial charge in [-0.3, -0.25) is 0 Å². The van der Waals surface area contributed by atoms with Crippen LogP contribution in [0.25, 0.3) is 0 Å². The zero-order chi connectivity index (χ0) is 16.7. The fourth-order valence-electron chi connectivity index (χ4n) is 2.15. The van der Waals surface area contributed by atoms with Crippen LogP contribution >= 0.6 is 11.9 Å². The van der Waals surface area contributed by atoms with E-state index in [0.29, 0.717) is 5.56 Å². The zero-order valence-corrected chi connectivity index (χ0v) is 14.2. The van der Waals surface area contributed by atoms with Gasteiger partial charge in [-0.1, -0.05) is 19.1 Å². The van der Waals surface area contributed by atoms with E-state index in [1.54, 1.807) is 31.2 Å². The number of rotatable bonds is 8. The second-order valence-electron chi connectivity index (χ2n) is 5.13. The maximum absolute atomic E-state index is 10.9. The Kier molecular flexibility index (Phi) is 6.50. The second-order valence-corrected chi connectivity index (χ2v) is 6.30. The van der Waals surface area contributed by atoms with Gasteiger partial charge in [0.25, 0.3) is 0 Å². The van der Waals surface area contributed by atoms with E-state index in [4.69, 9.17) is 9.84 Å². The highest BCUT2D eigenvalue weighted by Gasteiger charge is 2.09. The minimum Gasteiger partial charge on any atom is -0.497 e. The summed E-state index contributed by atoms with van der Waals surface area (Å²) in [6.07, 6.45) is 1.05. The highest BCUT2D eigenvalue weighted by atomic mass is 32.2. The number of aromatic carboxylic acids is 1. The molecule has 0 aromatic heterocycles. The second kappa shape index (κ2) is 8.60. The maximum atomic E-state index is 10.9. The van der Waals surface area contributed by atoms with Crippen molar-refractivity contribution in [3.05, 3.63) is 59.7 Å². The average molecular weight is 331 g/mol. The summed E-state index contributed by atoms with van der Waals surface area (Å²) in [6.45, 7) is 3.93. The Morgan fingerprint density at radius 2 is 1.78 bits per heavy atom. The van der Waals surface area contributed by atoms with Crippen molar-refractivity contribution in [3.63, 3.8) is 0 Å². The van der Waals surface area contributed by atoms with Crippen LogP contribution in [0.5, 0.6) is 5.75 Å². The normalized spacial score (nSPS) is 10.7. The topological polar surface area (TPSA) is 49.8 Å². The Hall–Kier alpha value is -1.98. The Bertz CT molecular complexity index is 626. The lowest BCUT2D eigenvalue weighted by molar-refractivity contribution is 0.0697. The van der Waals surface area contributed by atoms with Crippen LogP contribution in [0.15, 0.2) is 53.4 Å². The van der Waals surface area contributed by atoms with Gasteiger partial charge in [0.15, 0.2) is 0 Å². The van der Waals surface area contributed by atoms with Gasteiger partial charge in [0.05, 0.1) is 12.7 Å². The first kappa shape index (κ1) is 17.4. The molecule has 2 aromatic carbocycles. The number of carboxylic acid groups (broad SMARTS) is 1. The highest BCUT2D eigenvalue weighted by Crippen LogP contribution is 2.26. The first-order chi connectivity index (χ1) is 11.1. The van der Waals surface area contributed by atoms with Crippen LogP contribution in [0, 0.1) is 0 Å². The molecule has 0 unspecified atom stereocenters. The molecule has 0 fully saturated rings. The largest absolute Gasteiger partial charge is 0.497 e. The van der Waals surface area contributed by atoms with E-state index in [1.807, 2.05) is 24.3 Å². The first-order valence-corrected chi connectivity index (χ1v) is 8.29. The molecule has 0 spiro atoms. The molecule has 23 heavy (non-hydrogen) atoms. The smallest absolute Gasteiger partial charge is 0.335 e. The predicted octanol–water partition coefficient (Wildman–Crippen LogP) is 4.31. The van der Waals surface area contributed by atoms with E-state index in [0.717, 1.165) is 30.2 Å². The molecule has 0 bridgehead atoms. The van der Waals surface area contributed by atoms with E-state index < -0.39 is 5.97 Å². The fraction of sp³-hybridized carbons (Fsp3) is 0.278. The molecule has 2 aromatic rings. The first-order valence-electron chi connectivity index (χ1n) is 7.51. The summed E-state index contributed by atoms with van der Waals surface area (Å²) < 4.78 is 7.46. The van der Waals surface area contributed by atoms with Crippen molar-refractivity contribution in [2.75, 3.05) is 13.7 Å². The van der Waals surface area contributed by atoms with Crippen molar-refractivity contribution >= 4 is 17.9 Å². The highest BCUT2D eigenvalue weighted by molar-refractivity contribution is 7.97. The van der Waals surface area contributed by atoms with Crippen LogP contribution in [0.3, 0.4) is 0 Å². The zero-order valence-electron chi connectivity index (χ0n) is 13.4. The summed E-state index contributed by atoms with van der Waals surface area (Å²) in [5, 5.41) is 8.95. The molecule has 0 aliphatic carbocycles. The Morgan fingerprint density at radius 3 is 2.30 bits per heavy atom. The lowest BCUT2D eigenvalue weighted by Gasteiger charge is -2.20. The van der Waals surface area contributed by atoms with E-state index in [1.165, 1.54) is 5.56 Å². The molecule has 0 heterocycles. The molecule has 4 nitrogen and oxygen atoms in total. The molecule has 0 saturated heterocycles. The maximum Gasteiger partial charge on any atom is 0.335 e. The van der Waals surface area contributed by atoms with Crippen LogP contribution in [0.2, 0.25) is 0 Å². The van der Waals surface area contributed by atoms with Gasteiger partial charge in [0, 0.05) is 18.0 Å². The van der Waals surface area contributed by atoms with Crippen LogP contribution in [-0.4, -0.2) is 29.0 Å². The lowest BCUT2D eigenvalue weighted by Crippen LogP contribution is -2.16. The minimum atomic E-state index is -0.898. The summed E-state index contributed by atoms with van der Waals surface area (Å²) >= 11 is 1.65. The Labute approximate surface area is 141 Å². The molecule has 0 saturated carbocycles. The van der Waals surface area contributed by atoms with Gasteiger partial charge in [-0.05, 0) is 60.3 Å². The monoisotopic (exact) mass is 331 g/mol. The summed E-state index contributed by atoms with van der Waals surface area (Å²) in [4.78, 5) is 11.9. The van der Waals surface area contributed by atoms with Crippen molar-refractivity contribution in [1.29, 1.82) is 0 Å². The molecular formula is C18H21NO3S. The van der Waals surface area contributed by atoms with Crippen molar-refractivity contribution in [3.8, 4) is 5.75 Å². The van der Waals surface area contributed by atoms with Crippen molar-refractivity contribution < 1.29 is 14.6 Å². The molecule has 0 aliphatic heterocycles. The number of benzene rings is 2. The number of carbonyl (C=O) groups is 1. The van der Waals surface area contributed by atoms with Crippen molar-refractivity contribution in [2.45, 2.75) is 24.8 Å². The molecule has 5 heteroatoms. The Morgan fingerprint density at radius 1 is 1.13 bits per heavy atom. The number of nitrogens with zero attached hydrogens (tertiary/aromatic N) is 1. The van der Waals surface area contributed by atoms with Crippen LogP contribution in [0.4, 0.5) is 0 Å². The standard InChI is InChI=1S/C18H21NO3S/c1-3-12-19(13-14-4-8-16(22-2)9-5-14)23-17-10-6-15(7-11-17)18(20)21/h4-11H,3,12-13H2,1-2H3,(H,20,21). The number of ether oxygens (including phenoxy) is 1. The summed E-state index contributed by atoms with van der Waals surface area (Å²) in [5.41, 5.74) is 1.53. The molecule has 0 radical (unpaired) electrons. The number of carboxylic acids is 1. The molecular weight excluding hydrogens is 310 g/mol. The van der Waals surface area contributed by atoms with Crippen molar-refractivity contribution in [2.24, 2.45) is 0 Å². The molecule has 0 amide bonds. The third-order valence-electron chi connectivity index (χ3n) is 3.33. The summed E-state index contributed by atoms with van der Waals surface area (Å²) in [7, 11) is 1.66. The molecule has 122 valence electrons. The summed E-state index contributed by atoms with van der Waals surface area (Å²) in [5.74, 6) is -0.0436. The summed E-state index contributed by atoms with van der Waals surface area (Å²) in [6, 6.07) is 15.0. The third-order valence-corrected chi connectivity index (χ3v) is 4.38. The molecule has 1 N–H and O–H groups in total. The van der Waals surface area contributed by atoms with E-state index >= 15 is 0 Å². The molecule has 0 atom stereocenters. The van der Waals surface area contributed by atoms with Gasteiger partial charge in [0.2, 0.25) is 0 Å². The minimum absolute atomic E-state index is 0.312. The van der Waals surface area contributed by atoms with Gasteiger partial charge >= 0.3 is 5.97 Å². The molecule has 2 rings (SSSR count). The number of methoxy groups -OCH3 is 1. The Balaban J connectivity index is 2.03. The number of hydrogen-bond acceptors (Lipinski definition) is 4. The fourth-order valence-corrected chi connectivity index (χ4v) is 3.19. The van der Waals surface area contributed by atoms with E-state index in [2.05, 4.69) is 23.4 Å². The van der Waals surface area contributed by atoms with Crippen molar-refractivity contribution in [1.82, 2.24) is 4.31 Å². The van der Waals surface area contributed by atoms with E-state index in [9.17, 15) is 4.79 Å². The van der Waals surface area contributed by atoms with Gasteiger partial charge in [-0.25, -0.2) is 9.10 Å². The van der Waals surface area contributed by atoms with Crippen LogP contribution in [0.1, 0.15) is 29.3 Å².